The summed E-state index contributed by atoms with van der Waals surface area (Å²) in [7, 11) is 0. The Morgan fingerprint density at radius 2 is 1.47 bits per heavy atom. The molecule has 0 bridgehead atoms. The molecule has 0 aliphatic rings. The van der Waals surface area contributed by atoms with Crippen LogP contribution in [0.3, 0.4) is 0 Å². The summed E-state index contributed by atoms with van der Waals surface area (Å²) in [4.78, 5) is 26.4. The second kappa shape index (κ2) is 7.16. The van der Waals surface area contributed by atoms with Crippen molar-refractivity contribution in [1.82, 2.24) is 4.40 Å². The fraction of sp³-hybridized carbons (Fsp3) is 0.0769. The SMILES string of the molecule is CCOC(=O)c1cc(C(=O)c2cccc3ccccc23)n2ccc3ccccc3c12. The Morgan fingerprint density at radius 3 is 2.23 bits per heavy atom. The van der Waals surface area contributed by atoms with Crippen LogP contribution in [-0.2, 0) is 4.74 Å². The molecule has 0 fully saturated rings. The number of carbonyl (C=O) groups excluding carboxylic acids is 2. The van der Waals surface area contributed by atoms with E-state index < -0.39 is 5.97 Å². The van der Waals surface area contributed by atoms with Gasteiger partial charge in [-0.3, -0.25) is 4.79 Å². The van der Waals surface area contributed by atoms with Crippen molar-refractivity contribution in [3.05, 3.63) is 102 Å². The van der Waals surface area contributed by atoms with E-state index in [1.54, 1.807) is 17.4 Å². The zero-order valence-corrected chi connectivity index (χ0v) is 16.5. The van der Waals surface area contributed by atoms with Crippen molar-refractivity contribution in [2.24, 2.45) is 0 Å². The predicted molar refractivity (Wildman–Crippen MR) is 118 cm³/mol. The van der Waals surface area contributed by atoms with Gasteiger partial charge in [0.15, 0.2) is 0 Å². The van der Waals surface area contributed by atoms with E-state index in [0.717, 1.165) is 21.5 Å². The van der Waals surface area contributed by atoms with Crippen LogP contribution in [0.2, 0.25) is 0 Å². The molecule has 0 unspecified atom stereocenters. The summed E-state index contributed by atoms with van der Waals surface area (Å²) in [5, 5.41) is 3.79. The summed E-state index contributed by atoms with van der Waals surface area (Å²) in [5.41, 5.74) is 2.14. The molecular weight excluding hydrogens is 374 g/mol. The number of aromatic nitrogens is 1. The first kappa shape index (κ1) is 18.1. The minimum absolute atomic E-state index is 0.132. The van der Waals surface area contributed by atoms with E-state index in [2.05, 4.69) is 0 Å². The van der Waals surface area contributed by atoms with Gasteiger partial charge in [-0.2, -0.15) is 0 Å². The first-order valence-electron chi connectivity index (χ1n) is 9.91. The lowest BCUT2D eigenvalue weighted by atomic mass is 10.00. The van der Waals surface area contributed by atoms with Crippen LogP contribution in [0, 0.1) is 0 Å². The van der Waals surface area contributed by atoms with Crippen molar-refractivity contribution in [3.63, 3.8) is 0 Å². The van der Waals surface area contributed by atoms with Crippen LogP contribution in [-0.4, -0.2) is 22.8 Å². The number of nitrogens with zero attached hydrogens (tertiary/aromatic N) is 1. The number of rotatable bonds is 4. The number of pyridine rings is 1. The van der Waals surface area contributed by atoms with Gasteiger partial charge in [0.05, 0.1) is 23.4 Å². The van der Waals surface area contributed by atoms with Crippen LogP contribution in [0.15, 0.2) is 85.1 Å². The van der Waals surface area contributed by atoms with E-state index in [1.165, 1.54) is 0 Å². The van der Waals surface area contributed by atoms with Gasteiger partial charge in [0, 0.05) is 17.1 Å². The molecule has 0 aliphatic heterocycles. The maximum absolute atomic E-state index is 13.6. The molecule has 0 amide bonds. The van der Waals surface area contributed by atoms with Crippen molar-refractivity contribution in [2.75, 3.05) is 6.61 Å². The molecule has 5 rings (SSSR count). The first-order chi connectivity index (χ1) is 14.7. The van der Waals surface area contributed by atoms with Crippen molar-refractivity contribution >= 4 is 38.8 Å². The summed E-state index contributed by atoms with van der Waals surface area (Å²) >= 11 is 0. The minimum atomic E-state index is -0.427. The molecular formula is C26H19NO3. The van der Waals surface area contributed by atoms with Crippen LogP contribution >= 0.6 is 0 Å². The summed E-state index contributed by atoms with van der Waals surface area (Å²) in [5.74, 6) is -0.559. The van der Waals surface area contributed by atoms with Crippen molar-refractivity contribution < 1.29 is 14.3 Å². The summed E-state index contributed by atoms with van der Waals surface area (Å²) in [6.07, 6.45) is 1.85. The Hall–Kier alpha value is -3.92. The molecule has 0 atom stereocenters. The third-order valence-corrected chi connectivity index (χ3v) is 5.42. The molecule has 2 heterocycles. The van der Waals surface area contributed by atoms with Crippen LogP contribution in [0.4, 0.5) is 0 Å². The molecule has 4 heteroatoms. The van der Waals surface area contributed by atoms with E-state index in [0.29, 0.717) is 22.3 Å². The number of carbonyl (C=O) groups is 2. The second-order valence-corrected chi connectivity index (χ2v) is 7.14. The molecule has 146 valence electrons. The van der Waals surface area contributed by atoms with Gasteiger partial charge in [-0.05, 0) is 35.2 Å². The fourth-order valence-corrected chi connectivity index (χ4v) is 4.07. The highest BCUT2D eigenvalue weighted by Crippen LogP contribution is 2.29. The predicted octanol–water partition coefficient (Wildman–Crippen LogP) is 5.65. The standard InChI is InChI=1S/C26H19NO3/c1-2-30-26(29)22-16-23(27-15-14-18-9-4-6-12-20(18)24(22)27)25(28)21-13-7-10-17-8-3-5-11-19(17)21/h3-16H,2H2,1H3. The van der Waals surface area contributed by atoms with Gasteiger partial charge in [-0.15, -0.1) is 0 Å². The van der Waals surface area contributed by atoms with Gasteiger partial charge in [0.25, 0.3) is 0 Å². The summed E-state index contributed by atoms with van der Waals surface area (Å²) < 4.78 is 7.09. The van der Waals surface area contributed by atoms with Gasteiger partial charge in [0.1, 0.15) is 0 Å². The van der Waals surface area contributed by atoms with E-state index in [-0.39, 0.29) is 12.4 Å². The van der Waals surface area contributed by atoms with Crippen LogP contribution < -0.4 is 0 Å². The third-order valence-electron chi connectivity index (χ3n) is 5.42. The molecule has 2 aromatic heterocycles. The Labute approximate surface area is 173 Å². The average Bonchev–Trinajstić information content (AvgIpc) is 3.19. The molecule has 0 radical (unpaired) electrons. The number of hydrogen-bond donors (Lipinski definition) is 0. The van der Waals surface area contributed by atoms with Crippen LogP contribution in [0.1, 0.15) is 33.3 Å². The Morgan fingerprint density at radius 1 is 0.800 bits per heavy atom. The van der Waals surface area contributed by atoms with Gasteiger partial charge in [-0.25, -0.2) is 4.79 Å². The van der Waals surface area contributed by atoms with Gasteiger partial charge >= 0.3 is 5.97 Å². The Balaban J connectivity index is 1.80. The molecule has 5 aromatic rings. The summed E-state index contributed by atoms with van der Waals surface area (Å²) in [6, 6.07) is 24.9. The second-order valence-electron chi connectivity index (χ2n) is 7.14. The molecule has 0 aliphatic carbocycles. The number of ether oxygens (including phenoxy) is 1. The average molecular weight is 393 g/mol. The van der Waals surface area contributed by atoms with E-state index in [9.17, 15) is 9.59 Å². The molecule has 0 N–H and O–H groups in total. The maximum Gasteiger partial charge on any atom is 0.340 e. The topological polar surface area (TPSA) is 47.8 Å². The highest BCUT2D eigenvalue weighted by Gasteiger charge is 2.23. The number of ketones is 1. The van der Waals surface area contributed by atoms with Gasteiger partial charge in [0.2, 0.25) is 5.78 Å². The monoisotopic (exact) mass is 393 g/mol. The largest absolute Gasteiger partial charge is 0.462 e. The molecule has 0 spiro atoms. The lowest BCUT2D eigenvalue weighted by Crippen LogP contribution is -2.05. The quantitative estimate of drug-likeness (QED) is 0.293. The number of fused-ring (bicyclic) bond motifs is 4. The van der Waals surface area contributed by atoms with Crippen molar-refractivity contribution in [2.45, 2.75) is 6.92 Å². The Bertz CT molecular complexity index is 1440. The van der Waals surface area contributed by atoms with Gasteiger partial charge in [-0.1, -0.05) is 66.7 Å². The molecule has 30 heavy (non-hydrogen) atoms. The van der Waals surface area contributed by atoms with Crippen molar-refractivity contribution in [1.29, 1.82) is 0 Å². The zero-order chi connectivity index (χ0) is 20.7. The number of esters is 1. The van der Waals surface area contributed by atoms with E-state index in [4.69, 9.17) is 4.74 Å². The van der Waals surface area contributed by atoms with Gasteiger partial charge < -0.3 is 9.14 Å². The fourth-order valence-electron chi connectivity index (χ4n) is 4.07. The molecule has 4 nitrogen and oxygen atoms in total. The van der Waals surface area contributed by atoms with Crippen molar-refractivity contribution in [3.8, 4) is 0 Å². The normalized spacial score (nSPS) is 11.2. The number of benzene rings is 3. The molecule has 3 aromatic carbocycles. The summed E-state index contributed by atoms with van der Waals surface area (Å²) in [6.45, 7) is 2.05. The minimum Gasteiger partial charge on any atom is -0.462 e. The maximum atomic E-state index is 13.6. The smallest absolute Gasteiger partial charge is 0.340 e. The molecule has 0 saturated carbocycles. The zero-order valence-electron chi connectivity index (χ0n) is 16.5. The lowest BCUT2D eigenvalue weighted by Gasteiger charge is -2.08. The lowest BCUT2D eigenvalue weighted by molar-refractivity contribution is 0.0529. The highest BCUT2D eigenvalue weighted by molar-refractivity contribution is 6.19. The van der Waals surface area contributed by atoms with Crippen LogP contribution in [0.25, 0.3) is 27.1 Å². The number of hydrogen-bond acceptors (Lipinski definition) is 3. The van der Waals surface area contributed by atoms with E-state index >= 15 is 0 Å². The molecule has 0 saturated heterocycles. The van der Waals surface area contributed by atoms with E-state index in [1.807, 2.05) is 79.0 Å². The first-order valence-corrected chi connectivity index (χ1v) is 9.91. The highest BCUT2D eigenvalue weighted by atomic mass is 16.5. The third kappa shape index (κ3) is 2.77. The van der Waals surface area contributed by atoms with Crippen LogP contribution in [0.5, 0.6) is 0 Å². The Kier molecular flexibility index (Phi) is 4.32.